The van der Waals surface area contributed by atoms with Crippen LogP contribution in [0.1, 0.15) is 12.8 Å². The van der Waals surface area contributed by atoms with Gasteiger partial charge in [-0.1, -0.05) is 11.6 Å². The van der Waals surface area contributed by atoms with Crippen LogP contribution in [0.25, 0.3) is 17.0 Å². The van der Waals surface area contributed by atoms with Crippen LogP contribution in [0.15, 0.2) is 30.6 Å². The number of imidazole rings is 1. The SMILES string of the molecule is COc1cc(OC)c(-c2cn3ccc(N4CCC(N)CC4)nc3n2)cc1Cl. The number of anilines is 1. The molecule has 7 nitrogen and oxygen atoms in total. The summed E-state index contributed by atoms with van der Waals surface area (Å²) in [7, 11) is 3.18. The molecule has 0 atom stereocenters. The molecule has 1 aliphatic heterocycles. The third kappa shape index (κ3) is 3.40. The van der Waals surface area contributed by atoms with Gasteiger partial charge in [0, 0.05) is 43.2 Å². The molecule has 8 heteroatoms. The lowest BCUT2D eigenvalue weighted by molar-refractivity contribution is 0.395. The van der Waals surface area contributed by atoms with Crippen molar-refractivity contribution in [2.45, 2.75) is 18.9 Å². The summed E-state index contributed by atoms with van der Waals surface area (Å²) >= 11 is 6.30. The number of nitrogens with zero attached hydrogens (tertiary/aromatic N) is 4. The van der Waals surface area contributed by atoms with E-state index in [1.54, 1.807) is 26.4 Å². The number of fused-ring (bicyclic) bond motifs is 1. The van der Waals surface area contributed by atoms with Crippen LogP contribution in [0.4, 0.5) is 5.82 Å². The van der Waals surface area contributed by atoms with Crippen molar-refractivity contribution in [1.82, 2.24) is 14.4 Å². The van der Waals surface area contributed by atoms with Crippen LogP contribution in [-0.4, -0.2) is 47.7 Å². The van der Waals surface area contributed by atoms with E-state index in [1.165, 1.54) is 0 Å². The zero-order valence-corrected chi connectivity index (χ0v) is 16.1. The summed E-state index contributed by atoms with van der Waals surface area (Å²) in [6.45, 7) is 1.83. The van der Waals surface area contributed by atoms with Gasteiger partial charge in [0.05, 0.1) is 24.9 Å². The maximum Gasteiger partial charge on any atom is 0.236 e. The van der Waals surface area contributed by atoms with Crippen LogP contribution in [0.3, 0.4) is 0 Å². The van der Waals surface area contributed by atoms with E-state index in [0.717, 1.165) is 43.0 Å². The van der Waals surface area contributed by atoms with Crippen molar-refractivity contribution in [3.05, 3.63) is 35.6 Å². The fraction of sp³-hybridized carbons (Fsp3) is 0.368. The van der Waals surface area contributed by atoms with E-state index in [4.69, 9.17) is 31.8 Å². The number of rotatable bonds is 4. The highest BCUT2D eigenvalue weighted by atomic mass is 35.5. The predicted octanol–water partition coefficient (Wildman–Crippen LogP) is 2.99. The summed E-state index contributed by atoms with van der Waals surface area (Å²) in [6, 6.07) is 5.86. The van der Waals surface area contributed by atoms with Crippen molar-refractivity contribution in [2.24, 2.45) is 5.73 Å². The summed E-state index contributed by atoms with van der Waals surface area (Å²) in [5, 5.41) is 0.503. The van der Waals surface area contributed by atoms with Crippen molar-refractivity contribution in [3.8, 4) is 22.8 Å². The lowest BCUT2D eigenvalue weighted by Gasteiger charge is -2.30. The Morgan fingerprint density at radius 2 is 1.85 bits per heavy atom. The molecular formula is C19H22ClN5O2. The third-order valence-electron chi connectivity index (χ3n) is 4.93. The molecule has 0 aliphatic carbocycles. The van der Waals surface area contributed by atoms with Crippen LogP contribution in [0.2, 0.25) is 5.02 Å². The van der Waals surface area contributed by atoms with E-state index in [-0.39, 0.29) is 6.04 Å². The minimum absolute atomic E-state index is 0.287. The smallest absolute Gasteiger partial charge is 0.236 e. The maximum atomic E-state index is 6.30. The van der Waals surface area contributed by atoms with Gasteiger partial charge in [-0.15, -0.1) is 0 Å². The standard InChI is InChI=1S/C19H22ClN5O2/c1-26-16-10-17(27-2)14(20)9-13(16)15-11-25-8-5-18(23-19(25)22-15)24-6-3-12(21)4-7-24/h5,8-12H,3-4,6-7,21H2,1-2H3. The number of aromatic nitrogens is 3. The fourth-order valence-corrected chi connectivity index (χ4v) is 3.60. The first-order valence-electron chi connectivity index (χ1n) is 8.87. The Kier molecular flexibility index (Phi) is 4.80. The second-order valence-corrected chi connectivity index (χ2v) is 7.04. The second-order valence-electron chi connectivity index (χ2n) is 6.63. The first kappa shape index (κ1) is 17.9. The minimum Gasteiger partial charge on any atom is -0.496 e. The molecule has 1 aromatic carbocycles. The molecule has 27 heavy (non-hydrogen) atoms. The molecule has 142 valence electrons. The van der Waals surface area contributed by atoms with E-state index >= 15 is 0 Å². The molecule has 1 saturated heterocycles. The Balaban J connectivity index is 1.71. The molecular weight excluding hydrogens is 366 g/mol. The first-order chi connectivity index (χ1) is 13.1. The van der Waals surface area contributed by atoms with Gasteiger partial charge in [0.25, 0.3) is 0 Å². The Labute approximate surface area is 162 Å². The Hall–Kier alpha value is -2.51. The average molecular weight is 388 g/mol. The van der Waals surface area contributed by atoms with Gasteiger partial charge < -0.3 is 20.1 Å². The van der Waals surface area contributed by atoms with Crippen LogP contribution < -0.4 is 20.1 Å². The topological polar surface area (TPSA) is 77.9 Å². The number of nitrogens with two attached hydrogens (primary N) is 1. The summed E-state index contributed by atoms with van der Waals surface area (Å²) < 4.78 is 12.7. The maximum absolute atomic E-state index is 6.30. The van der Waals surface area contributed by atoms with E-state index in [9.17, 15) is 0 Å². The van der Waals surface area contributed by atoms with Crippen molar-refractivity contribution in [2.75, 3.05) is 32.2 Å². The van der Waals surface area contributed by atoms with Crippen molar-refractivity contribution in [1.29, 1.82) is 0 Å². The molecule has 0 bridgehead atoms. The van der Waals surface area contributed by atoms with Crippen LogP contribution >= 0.6 is 11.6 Å². The molecule has 3 aromatic rings. The number of hydrogen-bond acceptors (Lipinski definition) is 6. The molecule has 4 rings (SSSR count). The average Bonchev–Trinajstić information content (AvgIpc) is 3.11. The molecule has 0 radical (unpaired) electrons. The summed E-state index contributed by atoms with van der Waals surface area (Å²) in [6.07, 6.45) is 5.85. The Morgan fingerprint density at radius 1 is 1.11 bits per heavy atom. The van der Waals surface area contributed by atoms with E-state index in [2.05, 4.69) is 9.88 Å². The molecule has 1 fully saturated rings. The molecule has 1 aliphatic rings. The highest BCUT2D eigenvalue weighted by Gasteiger charge is 2.19. The minimum atomic E-state index is 0.287. The van der Waals surface area contributed by atoms with Crippen molar-refractivity contribution in [3.63, 3.8) is 0 Å². The summed E-state index contributed by atoms with van der Waals surface area (Å²) in [4.78, 5) is 11.7. The molecule has 2 N–H and O–H groups in total. The van der Waals surface area contributed by atoms with Gasteiger partial charge in [-0.25, -0.2) is 4.98 Å². The van der Waals surface area contributed by atoms with Crippen molar-refractivity contribution >= 4 is 23.2 Å². The molecule has 0 saturated carbocycles. The zero-order chi connectivity index (χ0) is 19.0. The van der Waals surface area contributed by atoms with Gasteiger partial charge >= 0.3 is 0 Å². The van der Waals surface area contributed by atoms with Gasteiger partial charge in [0.15, 0.2) is 0 Å². The second kappa shape index (κ2) is 7.25. The van der Waals surface area contributed by atoms with E-state index < -0.39 is 0 Å². The third-order valence-corrected chi connectivity index (χ3v) is 5.22. The predicted molar refractivity (Wildman–Crippen MR) is 106 cm³/mol. The molecule has 0 spiro atoms. The van der Waals surface area contributed by atoms with Gasteiger partial charge in [-0.3, -0.25) is 4.40 Å². The number of hydrogen-bond donors (Lipinski definition) is 1. The largest absolute Gasteiger partial charge is 0.496 e. The lowest BCUT2D eigenvalue weighted by atomic mass is 10.1. The monoisotopic (exact) mass is 387 g/mol. The fourth-order valence-electron chi connectivity index (χ4n) is 3.36. The number of methoxy groups -OCH3 is 2. The quantitative estimate of drug-likeness (QED) is 0.741. The summed E-state index contributed by atoms with van der Waals surface area (Å²) in [5.74, 6) is 2.76. The molecule has 0 unspecified atom stereocenters. The molecule has 3 heterocycles. The Bertz CT molecular complexity index is 966. The van der Waals surface area contributed by atoms with Gasteiger partial charge in [-0.2, -0.15) is 4.98 Å². The highest BCUT2D eigenvalue weighted by Crippen LogP contribution is 2.38. The number of piperidine rings is 1. The van der Waals surface area contributed by atoms with Crippen LogP contribution in [0, 0.1) is 0 Å². The number of halogens is 1. The Morgan fingerprint density at radius 3 is 2.56 bits per heavy atom. The van der Waals surface area contributed by atoms with Gasteiger partial charge in [0.1, 0.15) is 17.3 Å². The van der Waals surface area contributed by atoms with Crippen LogP contribution in [-0.2, 0) is 0 Å². The molecule has 2 aromatic heterocycles. The zero-order valence-electron chi connectivity index (χ0n) is 15.4. The lowest BCUT2D eigenvalue weighted by Crippen LogP contribution is -2.40. The van der Waals surface area contributed by atoms with Gasteiger partial charge in [-0.05, 0) is 25.0 Å². The number of benzene rings is 1. The first-order valence-corrected chi connectivity index (χ1v) is 9.25. The normalized spacial score (nSPS) is 15.3. The van der Waals surface area contributed by atoms with E-state index in [0.29, 0.717) is 22.3 Å². The summed E-state index contributed by atoms with van der Waals surface area (Å²) in [5.41, 5.74) is 7.53. The van der Waals surface area contributed by atoms with Crippen LogP contribution in [0.5, 0.6) is 11.5 Å². The highest BCUT2D eigenvalue weighted by molar-refractivity contribution is 6.32. The molecule has 0 amide bonds. The van der Waals surface area contributed by atoms with Crippen molar-refractivity contribution < 1.29 is 9.47 Å². The number of ether oxygens (including phenoxy) is 2. The van der Waals surface area contributed by atoms with Gasteiger partial charge in [0.2, 0.25) is 5.78 Å². The van der Waals surface area contributed by atoms with E-state index in [1.807, 2.05) is 22.9 Å².